The second kappa shape index (κ2) is 6.23. The Bertz CT molecular complexity index is 474. The fourth-order valence-electron chi connectivity index (χ4n) is 3.16. The summed E-state index contributed by atoms with van der Waals surface area (Å²) in [7, 11) is 0. The van der Waals surface area contributed by atoms with E-state index in [1.165, 1.54) is 37.9 Å². The monoisotopic (exact) mass is 312 g/mol. The van der Waals surface area contributed by atoms with Gasteiger partial charge in [0.15, 0.2) is 0 Å². The van der Waals surface area contributed by atoms with Crippen LogP contribution in [0.4, 0.5) is 0 Å². The summed E-state index contributed by atoms with van der Waals surface area (Å²) in [4.78, 5) is 2.64. The van der Waals surface area contributed by atoms with E-state index in [-0.39, 0.29) is 0 Å². The zero-order valence-corrected chi connectivity index (χ0v) is 13.4. The zero-order chi connectivity index (χ0) is 14.1. The molecule has 2 unspecified atom stereocenters. The van der Waals surface area contributed by atoms with Crippen molar-refractivity contribution in [3.05, 3.63) is 33.8 Å². The Morgan fingerprint density at radius 3 is 2.70 bits per heavy atom. The van der Waals surface area contributed by atoms with Crippen LogP contribution in [0.2, 0.25) is 10.0 Å². The molecule has 2 fully saturated rings. The lowest BCUT2D eigenvalue weighted by Crippen LogP contribution is -2.35. The van der Waals surface area contributed by atoms with Crippen molar-refractivity contribution in [2.24, 2.45) is 0 Å². The third-order valence-corrected chi connectivity index (χ3v) is 5.21. The maximum Gasteiger partial charge on any atom is 0.0595 e. The van der Waals surface area contributed by atoms with Gasteiger partial charge < -0.3 is 5.32 Å². The van der Waals surface area contributed by atoms with Crippen molar-refractivity contribution in [1.82, 2.24) is 10.2 Å². The molecule has 1 heterocycles. The molecule has 20 heavy (non-hydrogen) atoms. The lowest BCUT2D eigenvalue weighted by molar-refractivity contribution is 0.311. The molecule has 0 spiro atoms. The Balaban J connectivity index is 1.63. The molecule has 1 saturated heterocycles. The molecule has 0 radical (unpaired) electrons. The average Bonchev–Trinajstić information content (AvgIpc) is 3.19. The molecule has 1 N–H and O–H groups in total. The maximum atomic E-state index is 6.14. The van der Waals surface area contributed by atoms with Crippen LogP contribution in [0.3, 0.4) is 0 Å². The smallest absolute Gasteiger partial charge is 0.0595 e. The third kappa shape index (κ3) is 3.30. The van der Waals surface area contributed by atoms with Crippen molar-refractivity contribution in [2.45, 2.75) is 50.7 Å². The minimum Gasteiger partial charge on any atom is -0.306 e. The van der Waals surface area contributed by atoms with E-state index in [9.17, 15) is 0 Å². The molecule has 3 rings (SSSR count). The molecule has 2 aliphatic rings. The molecular formula is C16H22Cl2N2. The van der Waals surface area contributed by atoms with E-state index < -0.39 is 0 Å². The van der Waals surface area contributed by atoms with Crippen LogP contribution in [0.1, 0.15) is 44.2 Å². The summed E-state index contributed by atoms with van der Waals surface area (Å²) in [5.41, 5.74) is 1.24. The van der Waals surface area contributed by atoms with E-state index in [0.717, 1.165) is 12.5 Å². The summed E-state index contributed by atoms with van der Waals surface area (Å²) in [6.07, 6.45) is 5.12. The first-order valence-electron chi connectivity index (χ1n) is 7.62. The minimum atomic E-state index is 0.369. The van der Waals surface area contributed by atoms with Crippen LogP contribution in [0.15, 0.2) is 18.2 Å². The van der Waals surface area contributed by atoms with Crippen molar-refractivity contribution < 1.29 is 0 Å². The van der Waals surface area contributed by atoms with Gasteiger partial charge in [0.1, 0.15) is 0 Å². The number of nitrogens with zero attached hydrogens (tertiary/aromatic N) is 1. The molecule has 1 saturated carbocycles. The van der Waals surface area contributed by atoms with Gasteiger partial charge in [-0.3, -0.25) is 4.90 Å². The lowest BCUT2D eigenvalue weighted by Gasteiger charge is -2.23. The van der Waals surface area contributed by atoms with Crippen LogP contribution in [0.5, 0.6) is 0 Å². The highest BCUT2D eigenvalue weighted by molar-refractivity contribution is 6.42. The highest BCUT2D eigenvalue weighted by atomic mass is 35.5. The van der Waals surface area contributed by atoms with Gasteiger partial charge in [0.2, 0.25) is 0 Å². The lowest BCUT2D eigenvalue weighted by atomic mass is 10.0. The van der Waals surface area contributed by atoms with Gasteiger partial charge in [0, 0.05) is 31.2 Å². The molecule has 1 aliphatic heterocycles. The van der Waals surface area contributed by atoms with Crippen molar-refractivity contribution in [1.29, 1.82) is 0 Å². The van der Waals surface area contributed by atoms with Crippen LogP contribution in [0, 0.1) is 0 Å². The van der Waals surface area contributed by atoms with Gasteiger partial charge in [-0.25, -0.2) is 0 Å². The molecule has 110 valence electrons. The van der Waals surface area contributed by atoms with E-state index in [1.807, 2.05) is 12.1 Å². The van der Waals surface area contributed by atoms with Crippen LogP contribution < -0.4 is 5.32 Å². The van der Waals surface area contributed by atoms with E-state index in [2.05, 4.69) is 23.2 Å². The van der Waals surface area contributed by atoms with E-state index >= 15 is 0 Å². The molecule has 4 heteroatoms. The molecule has 2 nitrogen and oxygen atoms in total. The largest absolute Gasteiger partial charge is 0.306 e. The average molecular weight is 313 g/mol. The van der Waals surface area contributed by atoms with Gasteiger partial charge in [-0.15, -0.1) is 0 Å². The summed E-state index contributed by atoms with van der Waals surface area (Å²) < 4.78 is 0. The third-order valence-electron chi connectivity index (χ3n) is 4.47. The topological polar surface area (TPSA) is 15.3 Å². The minimum absolute atomic E-state index is 0.369. The van der Waals surface area contributed by atoms with Gasteiger partial charge in [0.25, 0.3) is 0 Å². The molecule has 1 aromatic carbocycles. The Hall–Kier alpha value is -0.280. The second-order valence-corrected chi connectivity index (χ2v) is 6.83. The van der Waals surface area contributed by atoms with Gasteiger partial charge in [-0.1, -0.05) is 36.2 Å². The van der Waals surface area contributed by atoms with Crippen LogP contribution in [0.25, 0.3) is 0 Å². The first-order valence-corrected chi connectivity index (χ1v) is 8.38. The molecular weight excluding hydrogens is 291 g/mol. The molecule has 0 bridgehead atoms. The Labute approximate surface area is 131 Å². The van der Waals surface area contributed by atoms with Crippen molar-refractivity contribution >= 4 is 23.2 Å². The molecule has 2 atom stereocenters. The van der Waals surface area contributed by atoms with Crippen molar-refractivity contribution in [2.75, 3.05) is 13.1 Å². The number of benzene rings is 1. The standard InChI is InChI=1S/C16H22Cl2N2/c1-2-16(11-3-6-14(17)15(18)9-11)19-12-7-8-20(10-12)13-4-5-13/h3,6,9,12-13,16,19H,2,4-5,7-8,10H2,1H3. The van der Waals surface area contributed by atoms with E-state index in [4.69, 9.17) is 23.2 Å². The zero-order valence-electron chi connectivity index (χ0n) is 11.9. The summed E-state index contributed by atoms with van der Waals surface area (Å²) in [5.74, 6) is 0. The predicted molar refractivity (Wildman–Crippen MR) is 85.6 cm³/mol. The number of halogens is 2. The Morgan fingerprint density at radius 2 is 2.05 bits per heavy atom. The number of nitrogens with one attached hydrogen (secondary N) is 1. The summed E-state index contributed by atoms with van der Waals surface area (Å²) in [6.45, 7) is 4.66. The second-order valence-electron chi connectivity index (χ2n) is 6.01. The van der Waals surface area contributed by atoms with Crippen molar-refractivity contribution in [3.63, 3.8) is 0 Å². The predicted octanol–water partition coefficient (Wildman–Crippen LogP) is 4.27. The summed E-state index contributed by atoms with van der Waals surface area (Å²) >= 11 is 12.1. The van der Waals surface area contributed by atoms with Gasteiger partial charge in [-0.05, 0) is 43.4 Å². The normalized spacial score (nSPS) is 25.1. The highest BCUT2D eigenvalue weighted by Gasteiger charge is 2.34. The van der Waals surface area contributed by atoms with Gasteiger partial charge in [-0.2, -0.15) is 0 Å². The van der Waals surface area contributed by atoms with Crippen LogP contribution >= 0.6 is 23.2 Å². The van der Waals surface area contributed by atoms with E-state index in [1.54, 1.807) is 0 Å². The molecule has 1 aliphatic carbocycles. The fraction of sp³-hybridized carbons (Fsp3) is 0.625. The fourth-order valence-corrected chi connectivity index (χ4v) is 3.46. The molecule has 1 aromatic rings. The number of hydrogen-bond donors (Lipinski definition) is 1. The molecule has 0 amide bonds. The highest BCUT2D eigenvalue weighted by Crippen LogP contribution is 2.31. The quantitative estimate of drug-likeness (QED) is 0.873. The number of likely N-dealkylation sites (tertiary alicyclic amines) is 1. The Kier molecular flexibility index (Phi) is 4.56. The summed E-state index contributed by atoms with van der Waals surface area (Å²) in [6, 6.07) is 7.84. The first-order chi connectivity index (χ1) is 9.67. The van der Waals surface area contributed by atoms with Crippen LogP contribution in [-0.2, 0) is 0 Å². The SMILES string of the molecule is CCC(NC1CCN(C2CC2)C1)c1ccc(Cl)c(Cl)c1. The maximum absolute atomic E-state index is 6.14. The Morgan fingerprint density at radius 1 is 1.25 bits per heavy atom. The number of rotatable bonds is 5. The number of hydrogen-bond acceptors (Lipinski definition) is 2. The van der Waals surface area contributed by atoms with Crippen LogP contribution in [-0.4, -0.2) is 30.1 Å². The molecule has 0 aromatic heterocycles. The first kappa shape index (κ1) is 14.6. The van der Waals surface area contributed by atoms with Crippen molar-refractivity contribution in [3.8, 4) is 0 Å². The van der Waals surface area contributed by atoms with Gasteiger partial charge >= 0.3 is 0 Å². The van der Waals surface area contributed by atoms with Gasteiger partial charge in [0.05, 0.1) is 10.0 Å². The van der Waals surface area contributed by atoms with E-state index in [0.29, 0.717) is 22.1 Å². The summed E-state index contributed by atoms with van der Waals surface area (Å²) in [5, 5.41) is 5.08.